The molecule has 0 saturated heterocycles. The summed E-state index contributed by atoms with van der Waals surface area (Å²) < 4.78 is 0. The number of nitrogens with zero attached hydrogens (tertiary/aromatic N) is 1. The highest BCUT2D eigenvalue weighted by Gasteiger charge is 2.38. The van der Waals surface area contributed by atoms with Crippen LogP contribution in [0.25, 0.3) is 0 Å². The number of nitrogens with one attached hydrogen (secondary N) is 1. The number of hydrogen-bond donors (Lipinski definition) is 1. The summed E-state index contributed by atoms with van der Waals surface area (Å²) >= 11 is 0. The van der Waals surface area contributed by atoms with Crippen molar-refractivity contribution >= 4 is 17.7 Å². The first kappa shape index (κ1) is 21.8. The van der Waals surface area contributed by atoms with Crippen molar-refractivity contribution in [3.8, 4) is 0 Å². The van der Waals surface area contributed by atoms with E-state index in [1.54, 1.807) is 12.1 Å². The Balaban J connectivity index is 1.66. The fraction of sp³-hybridized carbons (Fsp3) is 0.400. The van der Waals surface area contributed by atoms with Gasteiger partial charge in [0.05, 0.1) is 11.1 Å². The number of carbonyl (C=O) groups is 3. The molecule has 1 aliphatic rings. The summed E-state index contributed by atoms with van der Waals surface area (Å²) in [5.74, 6) is -0.339. The van der Waals surface area contributed by atoms with Gasteiger partial charge < -0.3 is 5.32 Å². The molecule has 0 bridgehead atoms. The van der Waals surface area contributed by atoms with Crippen molar-refractivity contribution in [2.24, 2.45) is 5.92 Å². The maximum Gasteiger partial charge on any atom is 0.261 e. The van der Waals surface area contributed by atoms with Crippen LogP contribution in [-0.4, -0.2) is 35.7 Å². The van der Waals surface area contributed by atoms with Gasteiger partial charge in [0, 0.05) is 18.7 Å². The van der Waals surface area contributed by atoms with E-state index in [1.807, 2.05) is 6.92 Å². The molecule has 158 valence electrons. The number of amides is 3. The molecule has 2 aromatic rings. The average Bonchev–Trinajstić information content (AvgIpc) is 3.01. The Morgan fingerprint density at radius 2 is 1.67 bits per heavy atom. The van der Waals surface area contributed by atoms with Gasteiger partial charge >= 0.3 is 0 Å². The fourth-order valence-corrected chi connectivity index (χ4v) is 4.06. The number of rotatable bonds is 8. The second kappa shape index (κ2) is 9.24. The van der Waals surface area contributed by atoms with Gasteiger partial charge in [-0.15, -0.1) is 0 Å². The van der Waals surface area contributed by atoms with E-state index in [2.05, 4.69) is 43.4 Å². The molecule has 0 aromatic heterocycles. The fourth-order valence-electron chi connectivity index (χ4n) is 4.06. The summed E-state index contributed by atoms with van der Waals surface area (Å²) in [5.41, 5.74) is 3.66. The van der Waals surface area contributed by atoms with Crippen LogP contribution in [0.1, 0.15) is 75.3 Å². The zero-order valence-corrected chi connectivity index (χ0v) is 18.2. The van der Waals surface area contributed by atoms with Crippen LogP contribution in [0.15, 0.2) is 42.5 Å². The highest BCUT2D eigenvalue weighted by atomic mass is 16.2. The van der Waals surface area contributed by atoms with Gasteiger partial charge in [0.2, 0.25) is 0 Å². The molecule has 3 amide bonds. The molecule has 2 atom stereocenters. The van der Waals surface area contributed by atoms with Crippen molar-refractivity contribution < 1.29 is 14.4 Å². The van der Waals surface area contributed by atoms with Crippen molar-refractivity contribution in [1.82, 2.24) is 10.2 Å². The third-order valence-corrected chi connectivity index (χ3v) is 6.06. The van der Waals surface area contributed by atoms with Crippen LogP contribution in [-0.2, 0) is 6.42 Å². The third kappa shape index (κ3) is 4.45. The standard InChI is InChI=1S/C25H30N2O3/c1-5-18(14-19-9-6-16(2)7-10-19)11-8-17(3)27-24(29)21-13-12-20(23(28)26-4)15-22(21)25(27)30/h6-7,9-10,12-13,15,17-18H,5,8,11,14H2,1-4H3,(H,26,28). The normalized spacial score (nSPS) is 15.1. The van der Waals surface area contributed by atoms with Gasteiger partial charge in [-0.25, -0.2) is 0 Å². The molecule has 0 fully saturated rings. The molecule has 5 nitrogen and oxygen atoms in total. The minimum atomic E-state index is -0.306. The van der Waals surface area contributed by atoms with Crippen LogP contribution in [0.4, 0.5) is 0 Å². The van der Waals surface area contributed by atoms with E-state index in [4.69, 9.17) is 0 Å². The van der Waals surface area contributed by atoms with E-state index in [9.17, 15) is 14.4 Å². The maximum atomic E-state index is 12.9. The summed E-state index contributed by atoms with van der Waals surface area (Å²) in [5, 5.41) is 2.55. The van der Waals surface area contributed by atoms with Crippen molar-refractivity contribution in [2.75, 3.05) is 7.05 Å². The van der Waals surface area contributed by atoms with Crippen molar-refractivity contribution in [2.45, 2.75) is 52.5 Å². The zero-order valence-electron chi connectivity index (χ0n) is 18.2. The number of aryl methyl sites for hydroxylation is 1. The van der Waals surface area contributed by atoms with Crippen LogP contribution in [0.3, 0.4) is 0 Å². The Kier molecular flexibility index (Phi) is 6.70. The molecule has 1 aliphatic heterocycles. The molecular weight excluding hydrogens is 376 g/mol. The number of hydrogen-bond acceptors (Lipinski definition) is 3. The van der Waals surface area contributed by atoms with E-state index in [0.29, 0.717) is 22.6 Å². The van der Waals surface area contributed by atoms with Gasteiger partial charge in [-0.05, 0) is 62.8 Å². The Hall–Kier alpha value is -2.95. The van der Waals surface area contributed by atoms with E-state index in [-0.39, 0.29) is 23.8 Å². The Morgan fingerprint density at radius 3 is 2.30 bits per heavy atom. The molecule has 2 aromatic carbocycles. The van der Waals surface area contributed by atoms with Crippen LogP contribution in [0.5, 0.6) is 0 Å². The lowest BCUT2D eigenvalue weighted by Crippen LogP contribution is -2.38. The Labute approximate surface area is 178 Å². The van der Waals surface area contributed by atoms with Crippen LogP contribution < -0.4 is 5.32 Å². The van der Waals surface area contributed by atoms with Crippen molar-refractivity contribution in [3.05, 3.63) is 70.3 Å². The smallest absolute Gasteiger partial charge is 0.261 e. The molecule has 0 radical (unpaired) electrons. The molecule has 2 unspecified atom stereocenters. The number of imide groups is 1. The van der Waals surface area contributed by atoms with Crippen molar-refractivity contribution in [3.63, 3.8) is 0 Å². The number of benzene rings is 2. The van der Waals surface area contributed by atoms with Gasteiger partial charge in [-0.3, -0.25) is 19.3 Å². The highest BCUT2D eigenvalue weighted by Crippen LogP contribution is 2.28. The van der Waals surface area contributed by atoms with E-state index in [1.165, 1.54) is 29.1 Å². The van der Waals surface area contributed by atoms with Crippen LogP contribution in [0, 0.1) is 12.8 Å². The summed E-state index contributed by atoms with van der Waals surface area (Å²) in [6.45, 7) is 6.20. The lowest BCUT2D eigenvalue weighted by Gasteiger charge is -2.24. The molecule has 5 heteroatoms. The first-order chi connectivity index (χ1) is 14.3. The summed E-state index contributed by atoms with van der Waals surface area (Å²) in [4.78, 5) is 39.0. The third-order valence-electron chi connectivity index (χ3n) is 6.06. The van der Waals surface area contributed by atoms with E-state index in [0.717, 1.165) is 25.7 Å². The highest BCUT2D eigenvalue weighted by molar-refractivity contribution is 6.22. The first-order valence-electron chi connectivity index (χ1n) is 10.6. The number of fused-ring (bicyclic) bond motifs is 1. The molecule has 0 saturated carbocycles. The van der Waals surface area contributed by atoms with E-state index >= 15 is 0 Å². The molecule has 1 heterocycles. The van der Waals surface area contributed by atoms with Gasteiger partial charge in [0.1, 0.15) is 0 Å². The predicted molar refractivity (Wildman–Crippen MR) is 118 cm³/mol. The predicted octanol–water partition coefficient (Wildman–Crippen LogP) is 4.39. The zero-order chi connectivity index (χ0) is 21.8. The molecule has 1 N–H and O–H groups in total. The average molecular weight is 407 g/mol. The minimum Gasteiger partial charge on any atom is -0.355 e. The van der Waals surface area contributed by atoms with Gasteiger partial charge in [-0.1, -0.05) is 43.2 Å². The van der Waals surface area contributed by atoms with Gasteiger partial charge in [-0.2, -0.15) is 0 Å². The monoisotopic (exact) mass is 406 g/mol. The maximum absolute atomic E-state index is 12.9. The molecule has 30 heavy (non-hydrogen) atoms. The lowest BCUT2D eigenvalue weighted by atomic mass is 9.90. The summed E-state index contributed by atoms with van der Waals surface area (Å²) in [6.07, 6.45) is 3.76. The Morgan fingerprint density at radius 1 is 1.00 bits per heavy atom. The summed E-state index contributed by atoms with van der Waals surface area (Å²) in [7, 11) is 1.54. The molecule has 0 aliphatic carbocycles. The topological polar surface area (TPSA) is 66.5 Å². The van der Waals surface area contributed by atoms with Crippen LogP contribution in [0.2, 0.25) is 0 Å². The second-order valence-electron chi connectivity index (χ2n) is 8.21. The van der Waals surface area contributed by atoms with Gasteiger partial charge in [0.25, 0.3) is 17.7 Å². The largest absolute Gasteiger partial charge is 0.355 e. The molecule has 3 rings (SSSR count). The second-order valence-corrected chi connectivity index (χ2v) is 8.21. The summed E-state index contributed by atoms with van der Waals surface area (Å²) in [6, 6.07) is 13.1. The minimum absolute atomic E-state index is 0.187. The SMILES string of the molecule is CCC(CCC(C)N1C(=O)c2ccc(C(=O)NC)cc2C1=O)Cc1ccc(C)cc1. The quantitative estimate of drug-likeness (QED) is 0.661. The van der Waals surface area contributed by atoms with Gasteiger partial charge in [0.15, 0.2) is 0 Å². The lowest BCUT2D eigenvalue weighted by molar-refractivity contribution is 0.0584. The number of carbonyl (C=O) groups excluding carboxylic acids is 3. The van der Waals surface area contributed by atoms with Crippen LogP contribution >= 0.6 is 0 Å². The molecular formula is C25H30N2O3. The Bertz CT molecular complexity index is 949. The first-order valence-corrected chi connectivity index (χ1v) is 10.6. The van der Waals surface area contributed by atoms with Crippen molar-refractivity contribution in [1.29, 1.82) is 0 Å². The molecule has 0 spiro atoms. The van der Waals surface area contributed by atoms with E-state index < -0.39 is 0 Å².